The summed E-state index contributed by atoms with van der Waals surface area (Å²) in [6.07, 6.45) is 1.45. The van der Waals surface area contributed by atoms with Crippen LogP contribution in [0.4, 0.5) is 4.39 Å². The Morgan fingerprint density at radius 1 is 1.13 bits per heavy atom. The molecule has 1 heterocycles. The lowest BCUT2D eigenvalue weighted by molar-refractivity contribution is -0.136. The standard InChI is InChI=1S/C25H26FNO3/c1-30-23-10-8-18-16-27(15-13-26)14-12-20(18)25(23)22-7-3-5-19-17(9-11-24(28)29)4-2-6-21(19)22/h2-8,10H,9,11-16H2,1H3,(H,28,29). The van der Waals surface area contributed by atoms with Gasteiger partial charge in [-0.1, -0.05) is 42.5 Å². The minimum Gasteiger partial charge on any atom is -0.496 e. The van der Waals surface area contributed by atoms with Crippen LogP contribution >= 0.6 is 0 Å². The Kier molecular flexibility index (Phi) is 6.00. The number of fused-ring (bicyclic) bond motifs is 2. The summed E-state index contributed by atoms with van der Waals surface area (Å²) in [4.78, 5) is 13.2. The van der Waals surface area contributed by atoms with Crippen LogP contribution in [0.5, 0.6) is 5.75 Å². The molecule has 0 amide bonds. The number of carboxylic acid groups (broad SMARTS) is 1. The molecule has 0 saturated heterocycles. The zero-order valence-corrected chi connectivity index (χ0v) is 17.2. The first-order chi connectivity index (χ1) is 14.6. The van der Waals surface area contributed by atoms with Gasteiger partial charge in [-0.3, -0.25) is 9.69 Å². The first-order valence-electron chi connectivity index (χ1n) is 10.3. The van der Waals surface area contributed by atoms with Crippen molar-refractivity contribution in [3.8, 4) is 16.9 Å². The molecule has 3 aromatic rings. The summed E-state index contributed by atoms with van der Waals surface area (Å²) in [6.45, 7) is 1.69. The molecule has 1 N–H and O–H groups in total. The molecule has 0 fully saturated rings. The van der Waals surface area contributed by atoms with Crippen molar-refractivity contribution in [3.05, 3.63) is 65.2 Å². The largest absolute Gasteiger partial charge is 0.496 e. The molecular weight excluding hydrogens is 381 g/mol. The van der Waals surface area contributed by atoms with Gasteiger partial charge in [0.15, 0.2) is 0 Å². The van der Waals surface area contributed by atoms with Crippen molar-refractivity contribution in [2.75, 3.05) is 26.9 Å². The third-order valence-electron chi connectivity index (χ3n) is 5.95. The lowest BCUT2D eigenvalue weighted by atomic mass is 9.87. The second kappa shape index (κ2) is 8.84. The van der Waals surface area contributed by atoms with E-state index in [0.717, 1.165) is 52.7 Å². The predicted octanol–water partition coefficient (Wildman–Crippen LogP) is 4.86. The highest BCUT2D eigenvalue weighted by molar-refractivity contribution is 6.00. The Morgan fingerprint density at radius 2 is 1.93 bits per heavy atom. The van der Waals surface area contributed by atoms with Crippen molar-refractivity contribution < 1.29 is 19.0 Å². The third-order valence-corrected chi connectivity index (χ3v) is 5.95. The van der Waals surface area contributed by atoms with Crippen LogP contribution < -0.4 is 4.74 Å². The summed E-state index contributed by atoms with van der Waals surface area (Å²) in [6, 6.07) is 16.4. The Balaban J connectivity index is 1.85. The molecule has 0 bridgehead atoms. The predicted molar refractivity (Wildman–Crippen MR) is 117 cm³/mol. The number of methoxy groups -OCH3 is 1. The maximum atomic E-state index is 12.8. The molecule has 5 heteroatoms. The Hall–Kier alpha value is -2.92. The fourth-order valence-corrected chi connectivity index (χ4v) is 4.52. The molecule has 1 aliphatic rings. The van der Waals surface area contributed by atoms with Gasteiger partial charge < -0.3 is 9.84 Å². The number of ether oxygens (including phenoxy) is 1. The number of hydrogen-bond donors (Lipinski definition) is 1. The van der Waals surface area contributed by atoms with E-state index >= 15 is 0 Å². The topological polar surface area (TPSA) is 49.8 Å². The number of nitrogens with zero attached hydrogens (tertiary/aromatic N) is 1. The van der Waals surface area contributed by atoms with E-state index in [1.54, 1.807) is 7.11 Å². The van der Waals surface area contributed by atoms with E-state index in [0.29, 0.717) is 13.0 Å². The highest BCUT2D eigenvalue weighted by Crippen LogP contribution is 2.41. The average molecular weight is 407 g/mol. The summed E-state index contributed by atoms with van der Waals surface area (Å²) in [5.74, 6) is 0.0379. The number of benzene rings is 3. The number of carbonyl (C=O) groups is 1. The van der Waals surface area contributed by atoms with Crippen molar-refractivity contribution in [3.63, 3.8) is 0 Å². The summed E-state index contributed by atoms with van der Waals surface area (Å²) in [5.41, 5.74) is 5.69. The van der Waals surface area contributed by atoms with Gasteiger partial charge >= 0.3 is 5.97 Å². The highest BCUT2D eigenvalue weighted by atomic mass is 19.1. The Morgan fingerprint density at radius 3 is 2.70 bits per heavy atom. The van der Waals surface area contributed by atoms with Crippen molar-refractivity contribution in [1.82, 2.24) is 4.90 Å². The van der Waals surface area contributed by atoms with Gasteiger partial charge in [-0.15, -0.1) is 0 Å². The summed E-state index contributed by atoms with van der Waals surface area (Å²) < 4.78 is 18.6. The quantitative estimate of drug-likeness (QED) is 0.608. The number of aryl methyl sites for hydroxylation is 1. The van der Waals surface area contributed by atoms with E-state index in [4.69, 9.17) is 9.84 Å². The lowest BCUT2D eigenvalue weighted by Gasteiger charge is -2.30. The van der Waals surface area contributed by atoms with Gasteiger partial charge in [0.25, 0.3) is 0 Å². The van der Waals surface area contributed by atoms with Gasteiger partial charge in [0.1, 0.15) is 12.4 Å². The molecule has 0 aliphatic carbocycles. The Bertz CT molecular complexity index is 1080. The molecule has 0 radical (unpaired) electrons. The number of alkyl halides is 1. The van der Waals surface area contributed by atoms with Crippen molar-refractivity contribution in [2.45, 2.75) is 25.8 Å². The van der Waals surface area contributed by atoms with Gasteiger partial charge in [0.05, 0.1) is 7.11 Å². The fourth-order valence-electron chi connectivity index (χ4n) is 4.52. The summed E-state index contributed by atoms with van der Waals surface area (Å²) in [5, 5.41) is 11.3. The zero-order chi connectivity index (χ0) is 21.1. The molecular formula is C25H26FNO3. The maximum Gasteiger partial charge on any atom is 0.303 e. The smallest absolute Gasteiger partial charge is 0.303 e. The van der Waals surface area contributed by atoms with E-state index in [-0.39, 0.29) is 13.1 Å². The second-order valence-corrected chi connectivity index (χ2v) is 7.71. The van der Waals surface area contributed by atoms with Crippen molar-refractivity contribution in [2.24, 2.45) is 0 Å². The highest BCUT2D eigenvalue weighted by Gasteiger charge is 2.23. The van der Waals surface area contributed by atoms with E-state index < -0.39 is 5.97 Å². The second-order valence-electron chi connectivity index (χ2n) is 7.71. The van der Waals surface area contributed by atoms with Crippen LogP contribution in [0.1, 0.15) is 23.1 Å². The fraction of sp³-hybridized carbons (Fsp3) is 0.320. The van der Waals surface area contributed by atoms with E-state index in [9.17, 15) is 9.18 Å². The van der Waals surface area contributed by atoms with E-state index in [1.165, 1.54) is 11.1 Å². The van der Waals surface area contributed by atoms with Crippen LogP contribution in [-0.4, -0.2) is 42.8 Å². The molecule has 0 unspecified atom stereocenters. The molecule has 1 aliphatic heterocycles. The number of rotatable bonds is 7. The zero-order valence-electron chi connectivity index (χ0n) is 17.2. The molecule has 30 heavy (non-hydrogen) atoms. The van der Waals surface area contributed by atoms with Gasteiger partial charge in [0.2, 0.25) is 0 Å². The molecule has 156 valence electrons. The molecule has 0 aromatic heterocycles. The van der Waals surface area contributed by atoms with Crippen molar-refractivity contribution in [1.29, 1.82) is 0 Å². The number of aliphatic carboxylic acids is 1. The van der Waals surface area contributed by atoms with Gasteiger partial charge in [0, 0.05) is 31.6 Å². The SMILES string of the molecule is COc1ccc2c(c1-c1cccc3c(CCC(=O)O)cccc13)CCN(CCF)C2. The van der Waals surface area contributed by atoms with Crippen LogP contribution in [0.25, 0.3) is 21.9 Å². The van der Waals surface area contributed by atoms with Crippen LogP contribution in [0, 0.1) is 0 Å². The third kappa shape index (κ3) is 3.90. The van der Waals surface area contributed by atoms with E-state index in [1.807, 2.05) is 24.3 Å². The molecule has 4 nitrogen and oxygen atoms in total. The van der Waals surface area contributed by atoms with Gasteiger partial charge in [-0.25, -0.2) is 4.39 Å². The van der Waals surface area contributed by atoms with Crippen LogP contribution in [0.3, 0.4) is 0 Å². The maximum absolute atomic E-state index is 12.8. The molecule has 0 saturated carbocycles. The van der Waals surface area contributed by atoms with Crippen molar-refractivity contribution >= 4 is 16.7 Å². The minimum absolute atomic E-state index is 0.109. The number of carboxylic acids is 1. The first kappa shape index (κ1) is 20.4. The lowest BCUT2D eigenvalue weighted by Crippen LogP contribution is -2.32. The monoisotopic (exact) mass is 407 g/mol. The van der Waals surface area contributed by atoms with Crippen LogP contribution in [0.2, 0.25) is 0 Å². The molecule has 4 rings (SSSR count). The number of hydrogen-bond acceptors (Lipinski definition) is 3. The molecule has 0 spiro atoms. The normalized spacial score (nSPS) is 13.9. The average Bonchev–Trinajstić information content (AvgIpc) is 2.76. The summed E-state index contributed by atoms with van der Waals surface area (Å²) in [7, 11) is 1.69. The van der Waals surface area contributed by atoms with Gasteiger partial charge in [-0.2, -0.15) is 0 Å². The van der Waals surface area contributed by atoms with E-state index in [2.05, 4.69) is 29.2 Å². The van der Waals surface area contributed by atoms with Gasteiger partial charge in [-0.05, 0) is 51.9 Å². The van der Waals surface area contributed by atoms with Crippen LogP contribution in [0.15, 0.2) is 48.5 Å². The molecule has 0 atom stereocenters. The van der Waals surface area contributed by atoms with Crippen LogP contribution in [-0.2, 0) is 24.2 Å². The first-order valence-corrected chi connectivity index (χ1v) is 10.3. The molecule has 3 aromatic carbocycles. The number of halogens is 1. The minimum atomic E-state index is -0.792. The summed E-state index contributed by atoms with van der Waals surface area (Å²) >= 11 is 0. The Labute approximate surface area is 175 Å².